The van der Waals surface area contributed by atoms with Crippen LogP contribution in [0.2, 0.25) is 0 Å². The molecule has 2 N–H and O–H groups in total. The highest BCUT2D eigenvalue weighted by atomic mass is 19.1. The summed E-state index contributed by atoms with van der Waals surface area (Å²) >= 11 is 0. The van der Waals surface area contributed by atoms with Crippen molar-refractivity contribution in [3.05, 3.63) is 52.9 Å². The SMILES string of the molecule is Cc1[nH]ncc1C(=O)N1C[C@H](O)C[C@@H]1c1cc(F)ccc1F. The number of benzene rings is 1. The standard InChI is InChI=1S/C15H15F2N3O2/c1-8-12(6-18-19-8)15(22)20-7-10(21)5-14(20)11-4-9(16)2-3-13(11)17/h2-4,6,10,14,21H,5,7H2,1H3,(H,18,19)/t10-,14-/m1/s1. The second-order valence-corrected chi connectivity index (χ2v) is 5.44. The highest BCUT2D eigenvalue weighted by Gasteiger charge is 2.37. The minimum absolute atomic E-state index is 0.0735. The summed E-state index contributed by atoms with van der Waals surface area (Å²) in [6.45, 7) is 1.77. The second kappa shape index (κ2) is 5.49. The van der Waals surface area contributed by atoms with Gasteiger partial charge in [-0.25, -0.2) is 8.78 Å². The molecule has 7 heteroatoms. The van der Waals surface area contributed by atoms with Crippen LogP contribution in [0.1, 0.15) is 34.1 Å². The fourth-order valence-electron chi connectivity index (χ4n) is 2.82. The zero-order valence-corrected chi connectivity index (χ0v) is 11.9. The van der Waals surface area contributed by atoms with E-state index in [4.69, 9.17) is 0 Å². The van der Waals surface area contributed by atoms with Crippen LogP contribution in [0.5, 0.6) is 0 Å². The van der Waals surface area contributed by atoms with Gasteiger partial charge in [-0.15, -0.1) is 0 Å². The summed E-state index contributed by atoms with van der Waals surface area (Å²) in [7, 11) is 0. The van der Waals surface area contributed by atoms with E-state index in [-0.39, 0.29) is 24.4 Å². The summed E-state index contributed by atoms with van der Waals surface area (Å²) < 4.78 is 27.4. The van der Waals surface area contributed by atoms with Crippen molar-refractivity contribution in [1.29, 1.82) is 0 Å². The van der Waals surface area contributed by atoms with Gasteiger partial charge in [0.1, 0.15) is 11.6 Å². The molecule has 1 aliphatic heterocycles. The largest absolute Gasteiger partial charge is 0.391 e. The van der Waals surface area contributed by atoms with Crippen molar-refractivity contribution in [1.82, 2.24) is 15.1 Å². The number of aryl methyl sites for hydroxylation is 1. The molecule has 1 amide bonds. The lowest BCUT2D eigenvalue weighted by molar-refractivity contribution is 0.0713. The molecule has 0 unspecified atom stereocenters. The van der Waals surface area contributed by atoms with Crippen molar-refractivity contribution in [2.45, 2.75) is 25.5 Å². The normalized spacial score (nSPS) is 21.4. The second-order valence-electron chi connectivity index (χ2n) is 5.44. The number of aromatic amines is 1. The first-order chi connectivity index (χ1) is 10.5. The zero-order chi connectivity index (χ0) is 15.9. The van der Waals surface area contributed by atoms with Crippen molar-refractivity contribution in [3.8, 4) is 0 Å². The third-order valence-corrected chi connectivity index (χ3v) is 3.92. The smallest absolute Gasteiger partial charge is 0.257 e. The maximum absolute atomic E-state index is 14.0. The van der Waals surface area contributed by atoms with E-state index in [9.17, 15) is 18.7 Å². The van der Waals surface area contributed by atoms with Gasteiger partial charge in [0, 0.05) is 17.8 Å². The zero-order valence-electron chi connectivity index (χ0n) is 11.9. The quantitative estimate of drug-likeness (QED) is 0.891. The molecule has 1 aromatic heterocycles. The molecule has 0 saturated carbocycles. The van der Waals surface area contributed by atoms with E-state index < -0.39 is 23.8 Å². The monoisotopic (exact) mass is 307 g/mol. The summed E-state index contributed by atoms with van der Waals surface area (Å²) in [5.41, 5.74) is 1.02. The number of carbonyl (C=O) groups excluding carboxylic acids is 1. The Morgan fingerprint density at radius 3 is 2.91 bits per heavy atom. The van der Waals surface area contributed by atoms with Crippen LogP contribution in [-0.2, 0) is 0 Å². The van der Waals surface area contributed by atoms with Crippen molar-refractivity contribution in [2.75, 3.05) is 6.54 Å². The van der Waals surface area contributed by atoms with Crippen LogP contribution in [0, 0.1) is 18.6 Å². The molecule has 0 radical (unpaired) electrons. The number of rotatable bonds is 2. The lowest BCUT2D eigenvalue weighted by atomic mass is 10.0. The molecule has 0 spiro atoms. The Labute approximate surface area is 125 Å². The van der Waals surface area contributed by atoms with Gasteiger partial charge < -0.3 is 10.0 Å². The van der Waals surface area contributed by atoms with Gasteiger partial charge >= 0.3 is 0 Å². The lowest BCUT2D eigenvalue weighted by Gasteiger charge is -2.25. The van der Waals surface area contributed by atoms with Crippen molar-refractivity contribution < 1.29 is 18.7 Å². The molecule has 116 valence electrons. The molecule has 2 aromatic rings. The Bertz CT molecular complexity index is 717. The van der Waals surface area contributed by atoms with E-state index >= 15 is 0 Å². The predicted molar refractivity (Wildman–Crippen MR) is 74.1 cm³/mol. The maximum Gasteiger partial charge on any atom is 0.257 e. The molecule has 3 rings (SSSR count). The summed E-state index contributed by atoms with van der Waals surface area (Å²) in [4.78, 5) is 14.0. The van der Waals surface area contributed by atoms with Gasteiger partial charge in [-0.05, 0) is 31.5 Å². The summed E-state index contributed by atoms with van der Waals surface area (Å²) in [5.74, 6) is -1.54. The number of nitrogens with one attached hydrogen (secondary N) is 1. The molecule has 1 aromatic carbocycles. The molecule has 2 atom stereocenters. The molecule has 0 aliphatic carbocycles. The Hall–Kier alpha value is -2.28. The number of β-amino-alcohol motifs (C(OH)–C–C–N with tert-alkyl or cyclic N) is 1. The summed E-state index contributed by atoms with van der Waals surface area (Å²) in [6.07, 6.45) is 0.786. The number of halogens is 2. The van der Waals surface area contributed by atoms with Crippen molar-refractivity contribution in [2.24, 2.45) is 0 Å². The number of hydrogen-bond acceptors (Lipinski definition) is 3. The molecule has 1 fully saturated rings. The summed E-state index contributed by atoms with van der Waals surface area (Å²) in [6, 6.07) is 2.42. The Balaban J connectivity index is 1.98. The number of hydrogen-bond donors (Lipinski definition) is 2. The average Bonchev–Trinajstić information content (AvgIpc) is 3.07. The minimum Gasteiger partial charge on any atom is -0.391 e. The van der Waals surface area contributed by atoms with Gasteiger partial charge in [0.2, 0.25) is 0 Å². The van der Waals surface area contributed by atoms with E-state index in [1.54, 1.807) is 6.92 Å². The number of likely N-dealkylation sites (tertiary alicyclic amines) is 1. The van der Waals surface area contributed by atoms with Crippen molar-refractivity contribution >= 4 is 5.91 Å². The maximum atomic E-state index is 14.0. The molecule has 5 nitrogen and oxygen atoms in total. The first-order valence-electron chi connectivity index (χ1n) is 6.91. The fourth-order valence-corrected chi connectivity index (χ4v) is 2.82. The first kappa shape index (κ1) is 14.6. The van der Waals surface area contributed by atoms with Crippen LogP contribution >= 0.6 is 0 Å². The topological polar surface area (TPSA) is 69.2 Å². The van der Waals surface area contributed by atoms with Crippen LogP contribution in [-0.4, -0.2) is 38.8 Å². The highest BCUT2D eigenvalue weighted by Crippen LogP contribution is 2.35. The first-order valence-corrected chi connectivity index (χ1v) is 6.91. The fraction of sp³-hybridized carbons (Fsp3) is 0.333. The molecule has 1 saturated heterocycles. The lowest BCUT2D eigenvalue weighted by Crippen LogP contribution is -2.32. The van der Waals surface area contributed by atoms with Gasteiger partial charge in [-0.1, -0.05) is 0 Å². The van der Waals surface area contributed by atoms with Gasteiger partial charge in [-0.3, -0.25) is 9.89 Å². The van der Waals surface area contributed by atoms with Crippen LogP contribution in [0.3, 0.4) is 0 Å². The Morgan fingerprint density at radius 1 is 1.45 bits per heavy atom. The van der Waals surface area contributed by atoms with Crippen molar-refractivity contribution in [3.63, 3.8) is 0 Å². The molecular weight excluding hydrogens is 292 g/mol. The summed E-state index contributed by atoms with van der Waals surface area (Å²) in [5, 5.41) is 16.3. The number of carbonyl (C=O) groups is 1. The van der Waals surface area contributed by atoms with Gasteiger partial charge in [0.05, 0.1) is 23.9 Å². The van der Waals surface area contributed by atoms with Crippen LogP contribution in [0.15, 0.2) is 24.4 Å². The average molecular weight is 307 g/mol. The predicted octanol–water partition coefficient (Wildman–Crippen LogP) is 1.94. The van der Waals surface area contributed by atoms with E-state index in [1.807, 2.05) is 0 Å². The van der Waals surface area contributed by atoms with Crippen LogP contribution in [0.25, 0.3) is 0 Å². The number of H-pyrrole nitrogens is 1. The Kier molecular flexibility index (Phi) is 3.66. The molecule has 0 bridgehead atoms. The number of aliphatic hydroxyl groups is 1. The highest BCUT2D eigenvalue weighted by molar-refractivity contribution is 5.95. The molecular formula is C15H15F2N3O2. The van der Waals surface area contributed by atoms with E-state index in [1.165, 1.54) is 11.1 Å². The van der Waals surface area contributed by atoms with E-state index in [0.717, 1.165) is 18.2 Å². The van der Waals surface area contributed by atoms with Crippen LogP contribution in [0.4, 0.5) is 8.78 Å². The molecule has 22 heavy (non-hydrogen) atoms. The van der Waals surface area contributed by atoms with Crippen LogP contribution < -0.4 is 0 Å². The molecule has 2 heterocycles. The number of nitrogens with zero attached hydrogens (tertiary/aromatic N) is 2. The van der Waals surface area contributed by atoms with Gasteiger partial charge in [-0.2, -0.15) is 5.10 Å². The van der Waals surface area contributed by atoms with Gasteiger partial charge in [0.15, 0.2) is 0 Å². The van der Waals surface area contributed by atoms with Gasteiger partial charge in [0.25, 0.3) is 5.91 Å². The minimum atomic E-state index is -0.774. The van der Waals surface area contributed by atoms with E-state index in [2.05, 4.69) is 10.2 Å². The number of aromatic nitrogens is 2. The third-order valence-electron chi connectivity index (χ3n) is 3.92. The van der Waals surface area contributed by atoms with E-state index in [0.29, 0.717) is 11.3 Å². The third kappa shape index (κ3) is 2.48. The number of amides is 1. The number of aliphatic hydroxyl groups excluding tert-OH is 1. The molecule has 1 aliphatic rings. The Morgan fingerprint density at radius 2 is 2.23 bits per heavy atom.